The Balaban J connectivity index is 2.07. The normalized spacial score (nSPS) is 11.1. The molecule has 0 aliphatic heterocycles. The summed E-state index contributed by atoms with van der Waals surface area (Å²) in [5.41, 5.74) is 2.51. The van der Waals surface area contributed by atoms with Crippen LogP contribution in [0.3, 0.4) is 0 Å². The highest BCUT2D eigenvalue weighted by Gasteiger charge is 2.19. The molecule has 148 valence electrons. The van der Waals surface area contributed by atoms with Gasteiger partial charge in [0.1, 0.15) is 5.52 Å². The zero-order chi connectivity index (χ0) is 20.3. The summed E-state index contributed by atoms with van der Waals surface area (Å²) >= 11 is 0. The SMILES string of the molecule is COc1cc2c(=O)n(Cc3cccc(CN(C)C)c3)cnc2c(OC)c1OC. The molecule has 0 unspecified atom stereocenters. The molecule has 1 aromatic heterocycles. The summed E-state index contributed by atoms with van der Waals surface area (Å²) in [6.45, 7) is 1.27. The Labute approximate surface area is 164 Å². The number of nitrogens with zero attached hydrogens (tertiary/aromatic N) is 3. The molecule has 0 amide bonds. The van der Waals surface area contributed by atoms with E-state index in [1.54, 1.807) is 10.6 Å². The Bertz CT molecular complexity index is 1040. The van der Waals surface area contributed by atoms with E-state index in [1.165, 1.54) is 33.2 Å². The van der Waals surface area contributed by atoms with Crippen LogP contribution in [-0.4, -0.2) is 49.9 Å². The molecule has 0 radical (unpaired) electrons. The second kappa shape index (κ2) is 8.31. The van der Waals surface area contributed by atoms with Crippen molar-refractivity contribution in [3.05, 3.63) is 58.1 Å². The number of benzene rings is 2. The van der Waals surface area contributed by atoms with Crippen molar-refractivity contribution in [1.82, 2.24) is 14.5 Å². The second-order valence-corrected chi connectivity index (χ2v) is 6.78. The summed E-state index contributed by atoms with van der Waals surface area (Å²) < 4.78 is 17.8. The van der Waals surface area contributed by atoms with Crippen LogP contribution in [0.4, 0.5) is 0 Å². The Morgan fingerprint density at radius 1 is 1.00 bits per heavy atom. The van der Waals surface area contributed by atoms with E-state index in [4.69, 9.17) is 14.2 Å². The predicted molar refractivity (Wildman–Crippen MR) is 109 cm³/mol. The number of fused-ring (bicyclic) bond motifs is 1. The van der Waals surface area contributed by atoms with Crippen LogP contribution in [0.25, 0.3) is 10.9 Å². The first-order valence-corrected chi connectivity index (χ1v) is 8.89. The van der Waals surface area contributed by atoms with E-state index >= 15 is 0 Å². The first kappa shape index (κ1) is 19.7. The lowest BCUT2D eigenvalue weighted by atomic mass is 10.1. The third kappa shape index (κ3) is 3.80. The van der Waals surface area contributed by atoms with Gasteiger partial charge in [-0.15, -0.1) is 0 Å². The predicted octanol–water partition coefficient (Wildman–Crippen LogP) is 2.53. The van der Waals surface area contributed by atoms with Gasteiger partial charge >= 0.3 is 0 Å². The zero-order valence-corrected chi connectivity index (χ0v) is 16.9. The molecule has 0 spiro atoms. The van der Waals surface area contributed by atoms with Gasteiger partial charge in [-0.3, -0.25) is 9.36 Å². The van der Waals surface area contributed by atoms with Crippen molar-refractivity contribution in [3.63, 3.8) is 0 Å². The maximum absolute atomic E-state index is 13.1. The van der Waals surface area contributed by atoms with Gasteiger partial charge in [-0.05, 0) is 31.3 Å². The molecular weight excluding hydrogens is 358 g/mol. The molecule has 28 heavy (non-hydrogen) atoms. The molecule has 1 heterocycles. The van der Waals surface area contributed by atoms with E-state index in [0.29, 0.717) is 34.7 Å². The Morgan fingerprint density at radius 2 is 1.71 bits per heavy atom. The molecule has 0 saturated heterocycles. The lowest BCUT2D eigenvalue weighted by Gasteiger charge is -2.15. The van der Waals surface area contributed by atoms with E-state index in [1.807, 2.05) is 26.2 Å². The summed E-state index contributed by atoms with van der Waals surface area (Å²) in [6, 6.07) is 9.83. The third-order valence-electron chi connectivity index (χ3n) is 4.46. The summed E-state index contributed by atoms with van der Waals surface area (Å²) in [4.78, 5) is 19.7. The molecule has 3 rings (SSSR count). The van der Waals surface area contributed by atoms with Gasteiger partial charge in [0.25, 0.3) is 5.56 Å². The highest BCUT2D eigenvalue weighted by Crippen LogP contribution is 2.41. The van der Waals surface area contributed by atoms with Crippen molar-refractivity contribution in [1.29, 1.82) is 0 Å². The van der Waals surface area contributed by atoms with Crippen LogP contribution in [0.5, 0.6) is 17.2 Å². The summed E-state index contributed by atoms with van der Waals surface area (Å²) in [5, 5.41) is 0.418. The van der Waals surface area contributed by atoms with Gasteiger partial charge in [-0.25, -0.2) is 4.98 Å². The number of hydrogen-bond donors (Lipinski definition) is 0. The van der Waals surface area contributed by atoms with Crippen LogP contribution in [0.1, 0.15) is 11.1 Å². The summed E-state index contributed by atoms with van der Waals surface area (Å²) in [5.74, 6) is 1.23. The smallest absolute Gasteiger partial charge is 0.261 e. The average molecular weight is 383 g/mol. The number of ether oxygens (including phenoxy) is 3. The first-order valence-electron chi connectivity index (χ1n) is 8.89. The van der Waals surface area contributed by atoms with E-state index in [2.05, 4.69) is 22.0 Å². The van der Waals surface area contributed by atoms with Crippen LogP contribution in [-0.2, 0) is 13.1 Å². The van der Waals surface area contributed by atoms with Crippen molar-refractivity contribution >= 4 is 10.9 Å². The van der Waals surface area contributed by atoms with Crippen molar-refractivity contribution in [2.45, 2.75) is 13.1 Å². The molecule has 7 heteroatoms. The largest absolute Gasteiger partial charge is 0.493 e. The van der Waals surface area contributed by atoms with Gasteiger partial charge in [0.2, 0.25) is 5.75 Å². The van der Waals surface area contributed by atoms with E-state index in [-0.39, 0.29) is 5.56 Å². The Morgan fingerprint density at radius 3 is 2.36 bits per heavy atom. The molecular formula is C21H25N3O4. The molecule has 0 fully saturated rings. The molecule has 0 aliphatic rings. The fraction of sp³-hybridized carbons (Fsp3) is 0.333. The van der Waals surface area contributed by atoms with E-state index in [0.717, 1.165) is 12.1 Å². The second-order valence-electron chi connectivity index (χ2n) is 6.78. The minimum atomic E-state index is -0.165. The Hall–Kier alpha value is -3.06. The number of aromatic nitrogens is 2. The van der Waals surface area contributed by atoms with Crippen LogP contribution < -0.4 is 19.8 Å². The van der Waals surface area contributed by atoms with Crippen molar-refractivity contribution in [2.24, 2.45) is 0 Å². The summed E-state index contributed by atoms with van der Waals surface area (Å²) in [7, 11) is 8.61. The van der Waals surface area contributed by atoms with Gasteiger partial charge in [-0.2, -0.15) is 0 Å². The molecule has 7 nitrogen and oxygen atoms in total. The van der Waals surface area contributed by atoms with Gasteiger partial charge < -0.3 is 19.1 Å². The van der Waals surface area contributed by atoms with Crippen molar-refractivity contribution < 1.29 is 14.2 Å². The first-order chi connectivity index (χ1) is 13.5. The number of rotatable bonds is 7. The molecule has 0 atom stereocenters. The number of hydrogen-bond acceptors (Lipinski definition) is 6. The number of methoxy groups -OCH3 is 3. The third-order valence-corrected chi connectivity index (χ3v) is 4.46. The highest BCUT2D eigenvalue weighted by molar-refractivity contribution is 5.89. The molecule has 0 aliphatic carbocycles. The molecule has 0 N–H and O–H groups in total. The van der Waals surface area contributed by atoms with Crippen LogP contribution >= 0.6 is 0 Å². The van der Waals surface area contributed by atoms with Crippen LogP contribution in [0.2, 0.25) is 0 Å². The molecule has 0 bridgehead atoms. The van der Waals surface area contributed by atoms with Crippen LogP contribution in [0.15, 0.2) is 41.5 Å². The quantitative estimate of drug-likeness (QED) is 0.625. The monoisotopic (exact) mass is 383 g/mol. The topological polar surface area (TPSA) is 65.8 Å². The highest BCUT2D eigenvalue weighted by atomic mass is 16.5. The maximum Gasteiger partial charge on any atom is 0.261 e. The minimum absolute atomic E-state index is 0.165. The van der Waals surface area contributed by atoms with Crippen molar-refractivity contribution in [2.75, 3.05) is 35.4 Å². The summed E-state index contributed by atoms with van der Waals surface area (Å²) in [6.07, 6.45) is 1.54. The lowest BCUT2D eigenvalue weighted by molar-refractivity contribution is 0.326. The Kier molecular flexibility index (Phi) is 5.84. The van der Waals surface area contributed by atoms with Gasteiger partial charge in [0.15, 0.2) is 11.5 Å². The molecule has 3 aromatic rings. The average Bonchev–Trinajstić information content (AvgIpc) is 2.68. The minimum Gasteiger partial charge on any atom is -0.493 e. The molecule has 2 aromatic carbocycles. The van der Waals surface area contributed by atoms with E-state index < -0.39 is 0 Å². The van der Waals surface area contributed by atoms with Gasteiger partial charge in [-0.1, -0.05) is 24.3 Å². The zero-order valence-electron chi connectivity index (χ0n) is 16.9. The fourth-order valence-electron chi connectivity index (χ4n) is 3.27. The standard InChI is InChI=1S/C21H25N3O4/c1-23(2)11-14-7-6-8-15(9-14)12-24-13-22-18-16(21(24)25)10-17(26-3)19(27-4)20(18)28-5/h6-10,13H,11-12H2,1-5H3. The van der Waals surface area contributed by atoms with E-state index in [9.17, 15) is 4.79 Å². The van der Waals surface area contributed by atoms with Crippen LogP contribution in [0, 0.1) is 0 Å². The van der Waals surface area contributed by atoms with Gasteiger partial charge in [0, 0.05) is 6.54 Å². The van der Waals surface area contributed by atoms with Crippen molar-refractivity contribution in [3.8, 4) is 17.2 Å². The maximum atomic E-state index is 13.1. The fourth-order valence-corrected chi connectivity index (χ4v) is 3.27. The lowest BCUT2D eigenvalue weighted by Crippen LogP contribution is -2.21. The van der Waals surface area contributed by atoms with Gasteiger partial charge in [0.05, 0.1) is 39.6 Å². The molecule has 0 saturated carbocycles.